The first-order valence-electron chi connectivity index (χ1n) is 5.64. The van der Waals surface area contributed by atoms with Gasteiger partial charge in [-0.25, -0.2) is 0 Å². The molecule has 4 nitrogen and oxygen atoms in total. The number of hydrogen-bond donors (Lipinski definition) is 0. The van der Waals surface area contributed by atoms with Crippen molar-refractivity contribution in [2.75, 3.05) is 26.2 Å². The number of carbonyl (C=O) groups is 1. The third-order valence-electron chi connectivity index (χ3n) is 2.85. The molecule has 0 bridgehead atoms. The van der Waals surface area contributed by atoms with Gasteiger partial charge in [-0.2, -0.15) is 11.8 Å². The fraction of sp³-hybridized carbons (Fsp3) is 0.462. The molecule has 0 fully saturated rings. The standard InChI is InChI=1S/C13H16O4S/c1-15-12-5-9-10(14)4-8(7-18-3)17-11(9)6-13(12)16-2/h5-6,8H,4,7H2,1-3H3. The van der Waals surface area contributed by atoms with E-state index < -0.39 is 0 Å². The summed E-state index contributed by atoms with van der Waals surface area (Å²) in [6.45, 7) is 0. The van der Waals surface area contributed by atoms with Crippen LogP contribution >= 0.6 is 11.8 Å². The van der Waals surface area contributed by atoms with Crippen molar-refractivity contribution >= 4 is 17.5 Å². The van der Waals surface area contributed by atoms with Crippen LogP contribution in [0, 0.1) is 0 Å². The zero-order valence-electron chi connectivity index (χ0n) is 10.7. The number of ether oxygens (including phenoxy) is 3. The third kappa shape index (κ3) is 2.41. The fourth-order valence-electron chi connectivity index (χ4n) is 1.99. The largest absolute Gasteiger partial charge is 0.493 e. The Morgan fingerprint density at radius 1 is 1.33 bits per heavy atom. The van der Waals surface area contributed by atoms with Crippen LogP contribution in [-0.2, 0) is 0 Å². The van der Waals surface area contributed by atoms with Gasteiger partial charge in [0.2, 0.25) is 0 Å². The van der Waals surface area contributed by atoms with Crippen molar-refractivity contribution < 1.29 is 19.0 Å². The van der Waals surface area contributed by atoms with Crippen LogP contribution in [0.15, 0.2) is 12.1 Å². The number of hydrogen-bond acceptors (Lipinski definition) is 5. The Labute approximate surface area is 111 Å². The van der Waals surface area contributed by atoms with Gasteiger partial charge in [-0.15, -0.1) is 0 Å². The van der Waals surface area contributed by atoms with Crippen LogP contribution in [0.4, 0.5) is 0 Å². The molecule has 0 saturated carbocycles. The average molecular weight is 268 g/mol. The average Bonchev–Trinajstić information content (AvgIpc) is 2.37. The minimum Gasteiger partial charge on any atom is -0.493 e. The maximum Gasteiger partial charge on any atom is 0.170 e. The quantitative estimate of drug-likeness (QED) is 0.839. The molecule has 0 aromatic heterocycles. The first kappa shape index (κ1) is 13.1. The van der Waals surface area contributed by atoms with Crippen LogP contribution in [0.1, 0.15) is 16.8 Å². The van der Waals surface area contributed by atoms with Gasteiger partial charge < -0.3 is 14.2 Å². The lowest BCUT2D eigenvalue weighted by Crippen LogP contribution is -2.28. The molecule has 0 radical (unpaired) electrons. The van der Waals surface area contributed by atoms with Crippen LogP contribution in [-0.4, -0.2) is 38.1 Å². The lowest BCUT2D eigenvalue weighted by molar-refractivity contribution is 0.0874. The molecule has 1 unspecified atom stereocenters. The second-order valence-electron chi connectivity index (χ2n) is 4.03. The van der Waals surface area contributed by atoms with Gasteiger partial charge in [0.25, 0.3) is 0 Å². The second kappa shape index (κ2) is 5.52. The van der Waals surface area contributed by atoms with Crippen molar-refractivity contribution in [2.24, 2.45) is 0 Å². The molecule has 1 aromatic carbocycles. The maximum atomic E-state index is 12.1. The highest BCUT2D eigenvalue weighted by Gasteiger charge is 2.28. The van der Waals surface area contributed by atoms with Gasteiger partial charge in [0, 0.05) is 18.2 Å². The molecule has 98 valence electrons. The van der Waals surface area contributed by atoms with Crippen LogP contribution in [0.3, 0.4) is 0 Å². The van der Waals surface area contributed by atoms with Gasteiger partial charge in [0.05, 0.1) is 19.8 Å². The van der Waals surface area contributed by atoms with Gasteiger partial charge in [-0.3, -0.25) is 4.79 Å². The van der Waals surface area contributed by atoms with Crippen molar-refractivity contribution in [3.8, 4) is 17.2 Å². The Hall–Kier alpha value is -1.36. The summed E-state index contributed by atoms with van der Waals surface area (Å²) in [6.07, 6.45) is 2.36. The Bertz CT molecular complexity index is 459. The number of fused-ring (bicyclic) bond motifs is 1. The summed E-state index contributed by atoms with van der Waals surface area (Å²) in [7, 11) is 3.11. The molecule has 18 heavy (non-hydrogen) atoms. The molecule has 1 atom stereocenters. The van der Waals surface area contributed by atoms with Crippen molar-refractivity contribution in [2.45, 2.75) is 12.5 Å². The lowest BCUT2D eigenvalue weighted by Gasteiger charge is -2.25. The summed E-state index contributed by atoms with van der Waals surface area (Å²) in [5.74, 6) is 2.61. The number of benzene rings is 1. The van der Waals surface area contributed by atoms with Crippen molar-refractivity contribution in [1.29, 1.82) is 0 Å². The highest BCUT2D eigenvalue weighted by Crippen LogP contribution is 2.38. The summed E-state index contributed by atoms with van der Waals surface area (Å²) in [5.41, 5.74) is 0.574. The van der Waals surface area contributed by atoms with Crippen LogP contribution < -0.4 is 14.2 Å². The molecule has 0 spiro atoms. The van der Waals surface area contributed by atoms with E-state index in [1.807, 2.05) is 6.26 Å². The maximum absolute atomic E-state index is 12.1. The summed E-state index contributed by atoms with van der Waals surface area (Å²) < 4.78 is 16.2. The van der Waals surface area contributed by atoms with E-state index in [-0.39, 0.29) is 11.9 Å². The zero-order valence-corrected chi connectivity index (χ0v) is 11.5. The van der Waals surface area contributed by atoms with E-state index in [1.54, 1.807) is 38.1 Å². The predicted octanol–water partition coefficient (Wildman–Crippen LogP) is 2.40. The molecule has 1 aliphatic rings. The van der Waals surface area contributed by atoms with Crippen LogP contribution in [0.5, 0.6) is 17.2 Å². The molecule has 0 N–H and O–H groups in total. The summed E-state index contributed by atoms with van der Waals surface area (Å²) in [4.78, 5) is 12.1. The number of thioether (sulfide) groups is 1. The minimum absolute atomic E-state index is 0.0573. The molecule has 1 aromatic rings. The van der Waals surface area contributed by atoms with Crippen molar-refractivity contribution in [3.63, 3.8) is 0 Å². The Morgan fingerprint density at radius 2 is 2.00 bits per heavy atom. The van der Waals surface area contributed by atoms with Gasteiger partial charge in [-0.1, -0.05) is 0 Å². The zero-order chi connectivity index (χ0) is 13.1. The Balaban J connectivity index is 2.37. The second-order valence-corrected chi connectivity index (χ2v) is 4.94. The number of rotatable bonds is 4. The van der Waals surface area contributed by atoms with Gasteiger partial charge in [-0.05, 0) is 12.3 Å². The lowest BCUT2D eigenvalue weighted by atomic mass is 10.0. The molecule has 0 aliphatic carbocycles. The molecule has 1 aliphatic heterocycles. The van der Waals surface area contributed by atoms with E-state index in [1.165, 1.54) is 0 Å². The van der Waals surface area contributed by atoms with E-state index in [4.69, 9.17) is 14.2 Å². The van der Waals surface area contributed by atoms with E-state index in [9.17, 15) is 4.79 Å². The van der Waals surface area contributed by atoms with Gasteiger partial charge >= 0.3 is 0 Å². The van der Waals surface area contributed by atoms with E-state index in [0.29, 0.717) is 29.2 Å². The van der Waals surface area contributed by atoms with Crippen molar-refractivity contribution in [1.82, 2.24) is 0 Å². The molecule has 5 heteroatoms. The molecular weight excluding hydrogens is 252 g/mol. The Morgan fingerprint density at radius 3 is 2.61 bits per heavy atom. The fourth-order valence-corrected chi connectivity index (χ4v) is 2.55. The van der Waals surface area contributed by atoms with E-state index >= 15 is 0 Å². The first-order chi connectivity index (χ1) is 8.69. The van der Waals surface area contributed by atoms with E-state index in [2.05, 4.69) is 0 Å². The van der Waals surface area contributed by atoms with Crippen LogP contribution in [0.25, 0.3) is 0 Å². The number of ketones is 1. The number of carbonyl (C=O) groups excluding carboxylic acids is 1. The summed E-state index contributed by atoms with van der Waals surface area (Å²) in [5, 5.41) is 0. The van der Waals surface area contributed by atoms with Crippen molar-refractivity contribution in [3.05, 3.63) is 17.7 Å². The van der Waals surface area contributed by atoms with Gasteiger partial charge in [0.1, 0.15) is 11.9 Å². The highest BCUT2D eigenvalue weighted by molar-refractivity contribution is 7.98. The smallest absolute Gasteiger partial charge is 0.170 e. The molecule has 0 saturated heterocycles. The SMILES string of the molecule is COc1cc2c(cc1OC)C(=O)CC(CSC)O2. The summed E-state index contributed by atoms with van der Waals surface area (Å²) in [6, 6.07) is 3.41. The monoisotopic (exact) mass is 268 g/mol. The molecule has 0 amide bonds. The summed E-state index contributed by atoms with van der Waals surface area (Å²) >= 11 is 1.67. The van der Waals surface area contributed by atoms with Crippen LogP contribution in [0.2, 0.25) is 0 Å². The first-order valence-corrected chi connectivity index (χ1v) is 7.03. The topological polar surface area (TPSA) is 44.8 Å². The molecular formula is C13H16O4S. The normalized spacial score (nSPS) is 17.9. The van der Waals surface area contributed by atoms with E-state index in [0.717, 1.165) is 5.75 Å². The highest BCUT2D eigenvalue weighted by atomic mass is 32.2. The Kier molecular flexibility index (Phi) is 4.01. The minimum atomic E-state index is -0.0573. The third-order valence-corrected chi connectivity index (χ3v) is 3.55. The molecule has 1 heterocycles. The molecule has 2 rings (SSSR count). The number of Topliss-reactive ketones (excluding diaryl/α,β-unsaturated/α-hetero) is 1. The van der Waals surface area contributed by atoms with Gasteiger partial charge in [0.15, 0.2) is 17.3 Å². The number of methoxy groups -OCH3 is 2. The predicted molar refractivity (Wildman–Crippen MR) is 71.3 cm³/mol.